The Balaban J connectivity index is 1.94. The summed E-state index contributed by atoms with van der Waals surface area (Å²) in [6.07, 6.45) is 0. The summed E-state index contributed by atoms with van der Waals surface area (Å²) in [5.74, 6) is 0.798. The van der Waals surface area contributed by atoms with Gasteiger partial charge in [-0.05, 0) is 84.6 Å². The van der Waals surface area contributed by atoms with E-state index in [1.165, 1.54) is 40.5 Å². The van der Waals surface area contributed by atoms with E-state index in [9.17, 15) is 0 Å². The van der Waals surface area contributed by atoms with Gasteiger partial charge < -0.3 is 0 Å². The molecule has 0 fully saturated rings. The third kappa shape index (κ3) is 1.63. The second kappa shape index (κ2) is 4.81. The van der Waals surface area contributed by atoms with Crippen LogP contribution < -0.4 is 0 Å². The first-order valence-electron chi connectivity index (χ1n) is 7.43. The summed E-state index contributed by atoms with van der Waals surface area (Å²) in [7, 11) is 0. The van der Waals surface area contributed by atoms with E-state index in [0.717, 1.165) is 0 Å². The Hall–Kier alpha value is -0.880. The third-order valence-electron chi connectivity index (χ3n) is 5.00. The number of benzene rings is 3. The molecule has 0 spiro atoms. The van der Waals surface area contributed by atoms with Gasteiger partial charge in [0.1, 0.15) is 0 Å². The largest absolute Gasteiger partial charge is 0.0619 e. The molecule has 0 unspecified atom stereocenters. The zero-order valence-corrected chi connectivity index (χ0v) is 16.0. The fourth-order valence-corrected chi connectivity index (χ4v) is 5.45. The molecule has 3 aliphatic rings. The predicted octanol–water partition coefficient (Wildman–Crippen LogP) is 5.88. The Labute approximate surface area is 157 Å². The molecule has 106 valence electrons. The van der Waals surface area contributed by atoms with Gasteiger partial charge in [-0.1, -0.05) is 54.6 Å². The summed E-state index contributed by atoms with van der Waals surface area (Å²) in [5.41, 5.74) is 9.03. The van der Waals surface area contributed by atoms with Crippen LogP contribution in [0, 0.1) is 7.14 Å². The molecule has 3 aromatic rings. The first kappa shape index (κ1) is 13.5. The molecule has 0 aliphatic heterocycles. The van der Waals surface area contributed by atoms with Gasteiger partial charge in [-0.15, -0.1) is 0 Å². The van der Waals surface area contributed by atoms with Gasteiger partial charge in [0, 0.05) is 19.0 Å². The highest BCUT2D eigenvalue weighted by Gasteiger charge is 2.42. The van der Waals surface area contributed by atoms with E-state index in [-0.39, 0.29) is 0 Å². The first-order valence-corrected chi connectivity index (χ1v) is 9.58. The highest BCUT2D eigenvalue weighted by Crippen LogP contribution is 2.56. The lowest BCUT2D eigenvalue weighted by atomic mass is 9.61. The maximum atomic E-state index is 2.54. The van der Waals surface area contributed by atoms with Gasteiger partial charge in [0.05, 0.1) is 0 Å². The minimum atomic E-state index is 0.397. The molecule has 0 N–H and O–H groups in total. The van der Waals surface area contributed by atoms with E-state index in [2.05, 4.69) is 106 Å². The minimum absolute atomic E-state index is 0.397. The third-order valence-corrected chi connectivity index (χ3v) is 8.10. The van der Waals surface area contributed by atoms with Crippen LogP contribution in [-0.4, -0.2) is 0 Å². The van der Waals surface area contributed by atoms with E-state index in [0.29, 0.717) is 11.8 Å². The Morgan fingerprint density at radius 2 is 1.05 bits per heavy atom. The van der Waals surface area contributed by atoms with Crippen molar-refractivity contribution < 1.29 is 0 Å². The van der Waals surface area contributed by atoms with E-state index in [1.54, 1.807) is 0 Å². The lowest BCUT2D eigenvalue weighted by Crippen LogP contribution is -2.28. The van der Waals surface area contributed by atoms with Crippen LogP contribution in [0.1, 0.15) is 45.2 Å². The van der Waals surface area contributed by atoms with Gasteiger partial charge in [-0.2, -0.15) is 0 Å². The molecular formula is C20H12I2. The molecule has 0 saturated carbocycles. The van der Waals surface area contributed by atoms with Crippen molar-refractivity contribution in [3.8, 4) is 0 Å². The smallest absolute Gasteiger partial charge is 0.0360 e. The maximum Gasteiger partial charge on any atom is 0.0360 e. The van der Waals surface area contributed by atoms with E-state index < -0.39 is 0 Å². The van der Waals surface area contributed by atoms with Crippen molar-refractivity contribution in [2.24, 2.45) is 0 Å². The fourth-order valence-electron chi connectivity index (χ4n) is 4.18. The molecule has 0 saturated heterocycles. The molecular weight excluding hydrogens is 494 g/mol. The molecule has 2 heteroatoms. The van der Waals surface area contributed by atoms with Crippen molar-refractivity contribution in [1.82, 2.24) is 0 Å². The summed E-state index contributed by atoms with van der Waals surface area (Å²) in [6, 6.07) is 22.6. The van der Waals surface area contributed by atoms with E-state index >= 15 is 0 Å². The van der Waals surface area contributed by atoms with Crippen LogP contribution in [0.5, 0.6) is 0 Å². The van der Waals surface area contributed by atoms with Crippen molar-refractivity contribution in [3.05, 3.63) is 101 Å². The van der Waals surface area contributed by atoms with Crippen molar-refractivity contribution in [2.45, 2.75) is 11.8 Å². The van der Waals surface area contributed by atoms with Gasteiger partial charge in [0.25, 0.3) is 0 Å². The van der Waals surface area contributed by atoms with E-state index in [4.69, 9.17) is 0 Å². The lowest BCUT2D eigenvalue weighted by molar-refractivity contribution is 0.749. The van der Waals surface area contributed by atoms with Gasteiger partial charge in [-0.25, -0.2) is 0 Å². The molecule has 0 nitrogen and oxygen atoms in total. The predicted molar refractivity (Wildman–Crippen MR) is 107 cm³/mol. The normalized spacial score (nSPS) is 20.3. The lowest BCUT2D eigenvalue weighted by Gasteiger charge is -2.42. The van der Waals surface area contributed by atoms with Crippen molar-refractivity contribution in [1.29, 1.82) is 0 Å². The zero-order valence-electron chi connectivity index (χ0n) is 11.7. The second-order valence-electron chi connectivity index (χ2n) is 5.99. The summed E-state index contributed by atoms with van der Waals surface area (Å²) < 4.78 is 2.79. The van der Waals surface area contributed by atoms with Crippen LogP contribution >= 0.6 is 45.2 Å². The molecule has 0 aromatic heterocycles. The minimum Gasteiger partial charge on any atom is -0.0619 e. The van der Waals surface area contributed by atoms with Crippen LogP contribution in [0.2, 0.25) is 0 Å². The van der Waals surface area contributed by atoms with Gasteiger partial charge in [0.2, 0.25) is 0 Å². The molecule has 0 heterocycles. The number of hydrogen-bond donors (Lipinski definition) is 0. The van der Waals surface area contributed by atoms with E-state index in [1.807, 2.05) is 0 Å². The molecule has 6 rings (SSSR count). The SMILES string of the molecule is Ic1ccc2c(c1I)C1c3ccccc3C2c2ccccc21. The van der Waals surface area contributed by atoms with Crippen LogP contribution in [0.15, 0.2) is 60.7 Å². The molecule has 22 heavy (non-hydrogen) atoms. The van der Waals surface area contributed by atoms with Gasteiger partial charge in [-0.3, -0.25) is 0 Å². The summed E-state index contributed by atoms with van der Waals surface area (Å²) in [6.45, 7) is 0. The number of halogens is 2. The molecule has 3 aromatic carbocycles. The summed E-state index contributed by atoms with van der Waals surface area (Å²) in [5, 5.41) is 0. The first-order chi connectivity index (χ1) is 10.8. The number of rotatable bonds is 0. The maximum absolute atomic E-state index is 2.54. The molecule has 3 aliphatic carbocycles. The van der Waals surface area contributed by atoms with Crippen LogP contribution in [0.25, 0.3) is 0 Å². The Kier molecular flexibility index (Phi) is 2.96. The molecule has 0 atom stereocenters. The van der Waals surface area contributed by atoms with Gasteiger partial charge >= 0.3 is 0 Å². The van der Waals surface area contributed by atoms with Crippen LogP contribution in [0.4, 0.5) is 0 Å². The van der Waals surface area contributed by atoms with Crippen LogP contribution in [0.3, 0.4) is 0 Å². The van der Waals surface area contributed by atoms with Crippen molar-refractivity contribution in [3.63, 3.8) is 0 Å². The monoisotopic (exact) mass is 506 g/mol. The zero-order chi connectivity index (χ0) is 14.8. The Morgan fingerprint density at radius 1 is 0.545 bits per heavy atom. The Morgan fingerprint density at radius 3 is 1.59 bits per heavy atom. The highest BCUT2D eigenvalue weighted by molar-refractivity contribution is 14.1. The average Bonchev–Trinajstić information content (AvgIpc) is 2.58. The second-order valence-corrected chi connectivity index (χ2v) is 8.23. The highest BCUT2D eigenvalue weighted by atomic mass is 127. The number of hydrogen-bond acceptors (Lipinski definition) is 0. The van der Waals surface area contributed by atoms with Gasteiger partial charge in [0.15, 0.2) is 0 Å². The summed E-state index contributed by atoms with van der Waals surface area (Å²) in [4.78, 5) is 0. The average molecular weight is 506 g/mol. The van der Waals surface area contributed by atoms with Crippen LogP contribution in [-0.2, 0) is 0 Å². The van der Waals surface area contributed by atoms with Crippen molar-refractivity contribution in [2.75, 3.05) is 0 Å². The fraction of sp³-hybridized carbons (Fsp3) is 0.100. The topological polar surface area (TPSA) is 0 Å². The molecule has 2 bridgehead atoms. The summed E-state index contributed by atoms with van der Waals surface area (Å²) >= 11 is 5.00. The molecule has 0 radical (unpaired) electrons. The quantitative estimate of drug-likeness (QED) is 0.230. The molecule has 0 amide bonds. The Bertz CT molecular complexity index is 879. The standard InChI is InChI=1S/C20H12I2/c21-16-10-9-15-17-11-5-1-3-7-13(11)18(19(15)20(16)22)14-8-4-2-6-12(14)17/h1-10,17-18H. The van der Waals surface area contributed by atoms with Crippen molar-refractivity contribution >= 4 is 45.2 Å².